The second-order valence-electron chi connectivity index (χ2n) is 4.03. The fourth-order valence-corrected chi connectivity index (χ4v) is 1.54. The van der Waals surface area contributed by atoms with Gasteiger partial charge in [0.15, 0.2) is 11.6 Å². The maximum atomic E-state index is 13.3. The average Bonchev–Trinajstić information content (AvgIpc) is 2.20. The lowest BCUT2D eigenvalue weighted by atomic mass is 10.0. The fraction of sp³-hybridized carbons (Fsp3) is 0.250. The van der Waals surface area contributed by atoms with Gasteiger partial charge >= 0.3 is 0 Å². The van der Waals surface area contributed by atoms with Crippen molar-refractivity contribution in [1.82, 2.24) is 5.32 Å². The van der Waals surface area contributed by atoms with Crippen LogP contribution >= 0.6 is 0 Å². The molecule has 1 aromatic rings. The van der Waals surface area contributed by atoms with Crippen LogP contribution in [0.3, 0.4) is 0 Å². The van der Waals surface area contributed by atoms with E-state index in [9.17, 15) is 18.0 Å². The molecule has 1 aliphatic rings. The van der Waals surface area contributed by atoms with E-state index in [1.54, 1.807) is 6.92 Å². The van der Waals surface area contributed by atoms with Crippen LogP contribution in [0.4, 0.5) is 18.9 Å². The number of hydrogen-bond acceptors (Lipinski definition) is 2. The Morgan fingerprint density at radius 2 is 1.78 bits per heavy atom. The summed E-state index contributed by atoms with van der Waals surface area (Å²) < 4.78 is 39.3. The van der Waals surface area contributed by atoms with Crippen LogP contribution in [0, 0.1) is 17.5 Å². The summed E-state index contributed by atoms with van der Waals surface area (Å²) in [5.74, 6) is -3.88. The molecular formula is C12H11F3N2O. The highest BCUT2D eigenvalue weighted by molar-refractivity contribution is 6.04. The first-order valence-corrected chi connectivity index (χ1v) is 5.34. The van der Waals surface area contributed by atoms with Crippen molar-refractivity contribution in [2.45, 2.75) is 6.92 Å². The van der Waals surface area contributed by atoms with E-state index in [1.165, 1.54) is 0 Å². The SMILES string of the molecule is CC(C(=O)Nc1c(F)cc(F)cc1F)=C1CNC1. The van der Waals surface area contributed by atoms with Gasteiger partial charge in [-0.2, -0.15) is 0 Å². The summed E-state index contributed by atoms with van der Waals surface area (Å²) in [4.78, 5) is 11.7. The molecule has 0 saturated carbocycles. The molecule has 1 aliphatic heterocycles. The molecule has 2 rings (SSSR count). The first-order chi connectivity index (χ1) is 8.49. The number of anilines is 1. The number of amides is 1. The van der Waals surface area contributed by atoms with Gasteiger partial charge in [-0.1, -0.05) is 0 Å². The number of halogens is 3. The van der Waals surface area contributed by atoms with Crippen molar-refractivity contribution >= 4 is 11.6 Å². The van der Waals surface area contributed by atoms with E-state index in [0.717, 1.165) is 5.57 Å². The summed E-state index contributed by atoms with van der Waals surface area (Å²) in [7, 11) is 0. The summed E-state index contributed by atoms with van der Waals surface area (Å²) in [6.07, 6.45) is 0. The predicted molar refractivity (Wildman–Crippen MR) is 60.5 cm³/mol. The third-order valence-electron chi connectivity index (χ3n) is 2.79. The zero-order valence-corrected chi connectivity index (χ0v) is 9.61. The zero-order chi connectivity index (χ0) is 13.3. The van der Waals surface area contributed by atoms with Crippen LogP contribution in [0.2, 0.25) is 0 Å². The Hall–Kier alpha value is -1.82. The largest absolute Gasteiger partial charge is 0.317 e. The molecule has 1 amide bonds. The van der Waals surface area contributed by atoms with E-state index in [-0.39, 0.29) is 0 Å². The molecule has 0 bridgehead atoms. The zero-order valence-electron chi connectivity index (χ0n) is 9.61. The lowest BCUT2D eigenvalue weighted by Crippen LogP contribution is -2.36. The molecule has 2 N–H and O–H groups in total. The number of benzene rings is 1. The van der Waals surface area contributed by atoms with Gasteiger partial charge in [-0.05, 0) is 12.5 Å². The molecule has 0 aliphatic carbocycles. The second kappa shape index (κ2) is 4.81. The molecule has 6 heteroatoms. The van der Waals surface area contributed by atoms with Crippen LogP contribution in [0.5, 0.6) is 0 Å². The summed E-state index contributed by atoms with van der Waals surface area (Å²) in [5, 5.41) is 5.07. The van der Waals surface area contributed by atoms with Crippen LogP contribution in [0.1, 0.15) is 6.92 Å². The maximum Gasteiger partial charge on any atom is 0.251 e. The van der Waals surface area contributed by atoms with E-state index in [1.807, 2.05) is 0 Å². The van der Waals surface area contributed by atoms with Crippen molar-refractivity contribution in [3.63, 3.8) is 0 Å². The van der Waals surface area contributed by atoms with E-state index in [4.69, 9.17) is 0 Å². The molecule has 1 heterocycles. The van der Waals surface area contributed by atoms with Crippen LogP contribution in [0.15, 0.2) is 23.3 Å². The van der Waals surface area contributed by atoms with Gasteiger partial charge in [0, 0.05) is 30.8 Å². The van der Waals surface area contributed by atoms with E-state index in [2.05, 4.69) is 10.6 Å². The van der Waals surface area contributed by atoms with Gasteiger partial charge in [0.1, 0.15) is 11.5 Å². The standard InChI is InChI=1S/C12H11F3N2O/c1-6(7-4-16-5-7)12(18)17-11-9(14)2-8(13)3-10(11)15/h2-3,16H,4-5H2,1H3,(H,17,18). The van der Waals surface area contributed by atoms with Crippen molar-refractivity contribution in [3.05, 3.63) is 40.7 Å². The van der Waals surface area contributed by atoms with Gasteiger partial charge in [0.2, 0.25) is 0 Å². The molecule has 1 aromatic carbocycles. The number of rotatable bonds is 2. The molecule has 0 unspecified atom stereocenters. The van der Waals surface area contributed by atoms with Gasteiger partial charge in [-0.3, -0.25) is 4.79 Å². The Bertz CT molecular complexity index is 511. The second-order valence-corrected chi connectivity index (χ2v) is 4.03. The van der Waals surface area contributed by atoms with Gasteiger partial charge < -0.3 is 10.6 Å². The first-order valence-electron chi connectivity index (χ1n) is 5.34. The first kappa shape index (κ1) is 12.6. The quantitative estimate of drug-likeness (QED) is 0.794. The maximum absolute atomic E-state index is 13.3. The number of carbonyl (C=O) groups excluding carboxylic acids is 1. The molecule has 96 valence electrons. The lowest BCUT2D eigenvalue weighted by molar-refractivity contribution is -0.112. The molecule has 0 atom stereocenters. The average molecular weight is 256 g/mol. The Morgan fingerprint density at radius 3 is 2.22 bits per heavy atom. The molecule has 18 heavy (non-hydrogen) atoms. The normalized spacial score (nSPS) is 14.1. The minimum absolute atomic E-state index is 0.414. The van der Waals surface area contributed by atoms with Crippen molar-refractivity contribution < 1.29 is 18.0 Å². The Labute approximate surface area is 102 Å². The van der Waals surface area contributed by atoms with E-state index in [0.29, 0.717) is 30.8 Å². The van der Waals surface area contributed by atoms with E-state index >= 15 is 0 Å². The number of hydrogen-bond donors (Lipinski definition) is 2. The Balaban J connectivity index is 2.22. The van der Waals surface area contributed by atoms with Crippen LogP contribution < -0.4 is 10.6 Å². The van der Waals surface area contributed by atoms with Crippen molar-refractivity contribution in [3.8, 4) is 0 Å². The van der Waals surface area contributed by atoms with Crippen molar-refractivity contribution in [2.24, 2.45) is 0 Å². The van der Waals surface area contributed by atoms with Crippen LogP contribution in [-0.2, 0) is 4.79 Å². The Morgan fingerprint density at radius 1 is 1.22 bits per heavy atom. The molecular weight excluding hydrogens is 245 g/mol. The molecule has 0 spiro atoms. The summed E-state index contributed by atoms with van der Waals surface area (Å²) in [5.41, 5.74) is 0.668. The number of nitrogens with one attached hydrogen (secondary N) is 2. The summed E-state index contributed by atoms with van der Waals surface area (Å²) in [6, 6.07) is 1.04. The molecule has 3 nitrogen and oxygen atoms in total. The third kappa shape index (κ3) is 2.38. The van der Waals surface area contributed by atoms with Gasteiger partial charge in [-0.15, -0.1) is 0 Å². The fourth-order valence-electron chi connectivity index (χ4n) is 1.54. The van der Waals surface area contributed by atoms with Crippen LogP contribution in [-0.4, -0.2) is 19.0 Å². The molecule has 0 aromatic heterocycles. The van der Waals surface area contributed by atoms with Crippen molar-refractivity contribution in [2.75, 3.05) is 18.4 Å². The van der Waals surface area contributed by atoms with Gasteiger partial charge in [0.25, 0.3) is 5.91 Å². The minimum Gasteiger partial charge on any atom is -0.317 e. The summed E-state index contributed by atoms with van der Waals surface area (Å²) >= 11 is 0. The Kier molecular flexibility index (Phi) is 3.38. The minimum atomic E-state index is -1.13. The topological polar surface area (TPSA) is 41.1 Å². The third-order valence-corrected chi connectivity index (χ3v) is 2.79. The smallest absolute Gasteiger partial charge is 0.251 e. The monoisotopic (exact) mass is 256 g/mol. The molecule has 0 radical (unpaired) electrons. The number of carbonyl (C=O) groups is 1. The highest BCUT2D eigenvalue weighted by Crippen LogP contribution is 2.21. The summed E-state index contributed by atoms with van der Waals surface area (Å²) in [6.45, 7) is 2.76. The van der Waals surface area contributed by atoms with Gasteiger partial charge in [-0.25, -0.2) is 13.2 Å². The predicted octanol–water partition coefficient (Wildman–Crippen LogP) is 1.96. The highest BCUT2D eigenvalue weighted by atomic mass is 19.1. The molecule has 1 fully saturated rings. The van der Waals surface area contributed by atoms with Gasteiger partial charge in [0.05, 0.1) is 0 Å². The van der Waals surface area contributed by atoms with Crippen molar-refractivity contribution in [1.29, 1.82) is 0 Å². The van der Waals surface area contributed by atoms with Crippen LogP contribution in [0.25, 0.3) is 0 Å². The highest BCUT2D eigenvalue weighted by Gasteiger charge is 2.19. The molecule has 1 saturated heterocycles. The van der Waals surface area contributed by atoms with E-state index < -0.39 is 29.0 Å². The lowest BCUT2D eigenvalue weighted by Gasteiger charge is -2.21.